The molecule has 0 saturated heterocycles. The molecular weight excluding hydrogens is 749 g/mol. The molecule has 2 heterocycles. The zero-order valence-electron chi connectivity index (χ0n) is 35.5. The molecule has 0 aliphatic rings. The van der Waals surface area contributed by atoms with Crippen molar-refractivity contribution in [1.82, 2.24) is 19.6 Å². The predicted octanol–water partition coefficient (Wildman–Crippen LogP) is 12.7. The minimum atomic E-state index is -1.26. The number of carboxylic acid groups (broad SMARTS) is 1. The maximum atomic E-state index is 11.9. The van der Waals surface area contributed by atoms with Crippen LogP contribution in [0.3, 0.4) is 0 Å². The number of methoxy groups -OCH3 is 2. The average molecular weight is 805 g/mol. The summed E-state index contributed by atoms with van der Waals surface area (Å²) >= 11 is 0. The van der Waals surface area contributed by atoms with Gasteiger partial charge in [-0.3, -0.25) is 4.79 Å². The van der Waals surface area contributed by atoms with Crippen molar-refractivity contribution < 1.29 is 19.4 Å². The van der Waals surface area contributed by atoms with Gasteiger partial charge in [-0.15, -0.1) is 0 Å². The molecule has 0 radical (unpaired) electrons. The van der Waals surface area contributed by atoms with Gasteiger partial charge in [0.05, 0.1) is 33.0 Å². The lowest BCUT2D eigenvalue weighted by atomic mass is 10.00. The molecule has 0 aliphatic heterocycles. The highest BCUT2D eigenvalue weighted by atomic mass is 16.5. The monoisotopic (exact) mass is 804 g/mol. The number of hydrogen-bond acceptors (Lipinski definition) is 6. The number of aromatic nitrogens is 4. The Morgan fingerprint density at radius 1 is 0.767 bits per heavy atom. The van der Waals surface area contributed by atoms with E-state index in [9.17, 15) is 9.90 Å². The Bertz CT molecular complexity index is 2390. The van der Waals surface area contributed by atoms with Gasteiger partial charge >= 0.3 is 5.97 Å². The number of hydrogen-bond donors (Lipinski definition) is 1. The van der Waals surface area contributed by atoms with E-state index in [4.69, 9.17) is 26.2 Å². The molecule has 0 aliphatic carbocycles. The van der Waals surface area contributed by atoms with E-state index in [1.54, 1.807) is 19.0 Å². The van der Waals surface area contributed by atoms with E-state index < -0.39 is 5.97 Å². The fraction of sp³-hybridized carbons (Fsp3) is 0.320. The van der Waals surface area contributed by atoms with Crippen molar-refractivity contribution in [3.8, 4) is 22.8 Å². The summed E-state index contributed by atoms with van der Waals surface area (Å²) in [7, 11) is 3.34. The van der Waals surface area contributed by atoms with Gasteiger partial charge in [-0.25, -0.2) is 4.85 Å². The van der Waals surface area contributed by atoms with Gasteiger partial charge in [0, 0.05) is 34.9 Å². The van der Waals surface area contributed by atoms with Crippen LogP contribution in [-0.4, -0.2) is 44.9 Å². The normalized spacial score (nSPS) is 12.2. The number of rotatable bonds is 21. The van der Waals surface area contributed by atoms with Crippen molar-refractivity contribution in [2.75, 3.05) is 19.1 Å². The summed E-state index contributed by atoms with van der Waals surface area (Å²) in [4.78, 5) is 19.1. The first-order valence-corrected chi connectivity index (χ1v) is 21.1. The van der Waals surface area contributed by atoms with Crippen molar-refractivity contribution in [2.24, 2.45) is 5.92 Å². The van der Waals surface area contributed by atoms with E-state index in [1.807, 2.05) is 36.4 Å². The van der Waals surface area contributed by atoms with Crippen LogP contribution < -0.4 is 14.4 Å². The van der Waals surface area contributed by atoms with Gasteiger partial charge in [0.25, 0.3) is 5.70 Å². The first kappa shape index (κ1) is 43.0. The molecule has 1 atom stereocenters. The summed E-state index contributed by atoms with van der Waals surface area (Å²) in [5.74, 6) is 0.754. The Morgan fingerprint density at radius 2 is 1.38 bits per heavy atom. The number of benzene rings is 4. The second-order valence-electron chi connectivity index (χ2n) is 15.0. The number of carbonyl (C=O) groups is 1. The topological polar surface area (TPSA) is 99.0 Å². The molecule has 4 aromatic carbocycles. The summed E-state index contributed by atoms with van der Waals surface area (Å²) in [5.41, 5.74) is 8.60. The molecule has 0 bridgehead atoms. The lowest BCUT2D eigenvalue weighted by Crippen LogP contribution is -2.12. The van der Waals surface area contributed by atoms with E-state index in [0.29, 0.717) is 29.1 Å². The molecule has 10 heteroatoms. The number of fused-ring (bicyclic) bond motifs is 1. The lowest BCUT2D eigenvalue weighted by Gasteiger charge is -2.26. The fourth-order valence-corrected chi connectivity index (χ4v) is 7.53. The molecular formula is C50H56N6O4. The second kappa shape index (κ2) is 20.9. The van der Waals surface area contributed by atoms with Crippen LogP contribution in [-0.2, 0) is 17.9 Å². The maximum absolute atomic E-state index is 11.9. The van der Waals surface area contributed by atoms with Crippen LogP contribution in [0, 0.1) is 12.5 Å². The summed E-state index contributed by atoms with van der Waals surface area (Å²) < 4.78 is 13.2. The van der Waals surface area contributed by atoms with E-state index in [-0.39, 0.29) is 5.70 Å². The van der Waals surface area contributed by atoms with Crippen molar-refractivity contribution in [3.63, 3.8) is 0 Å². The number of aliphatic carboxylic acids is 1. The van der Waals surface area contributed by atoms with Crippen molar-refractivity contribution in [3.05, 3.63) is 131 Å². The smallest absolute Gasteiger partial charge is 0.333 e. The molecule has 1 unspecified atom stereocenters. The minimum absolute atomic E-state index is 0.359. The Morgan fingerprint density at radius 3 is 1.95 bits per heavy atom. The van der Waals surface area contributed by atoms with Gasteiger partial charge in [0.1, 0.15) is 22.5 Å². The van der Waals surface area contributed by atoms with Crippen LogP contribution in [0.2, 0.25) is 0 Å². The third kappa shape index (κ3) is 10.3. The zero-order valence-corrected chi connectivity index (χ0v) is 35.5. The third-order valence-electron chi connectivity index (χ3n) is 11.0. The van der Waals surface area contributed by atoms with Crippen LogP contribution in [0.15, 0.2) is 103 Å². The highest BCUT2D eigenvalue weighted by molar-refractivity contribution is 6.00. The summed E-state index contributed by atoms with van der Waals surface area (Å²) in [5, 5.41) is 19.7. The van der Waals surface area contributed by atoms with Crippen LogP contribution in [0.25, 0.3) is 45.4 Å². The van der Waals surface area contributed by atoms with Crippen molar-refractivity contribution in [1.29, 1.82) is 0 Å². The molecule has 0 fully saturated rings. The second-order valence-corrected chi connectivity index (χ2v) is 15.0. The quantitative estimate of drug-likeness (QED) is 0.0439. The van der Waals surface area contributed by atoms with Crippen LogP contribution in [0.5, 0.6) is 11.5 Å². The Kier molecular flexibility index (Phi) is 15.0. The zero-order chi connectivity index (χ0) is 42.4. The fourth-order valence-electron chi connectivity index (χ4n) is 7.53. The molecule has 1 N–H and O–H groups in total. The molecule has 6 aromatic rings. The molecule has 0 saturated carbocycles. The number of carboxylic acids is 1. The van der Waals surface area contributed by atoms with Crippen molar-refractivity contribution >= 4 is 52.3 Å². The first-order chi connectivity index (χ1) is 29.3. The van der Waals surface area contributed by atoms with Gasteiger partial charge in [-0.2, -0.15) is 15.0 Å². The molecule has 310 valence electrons. The van der Waals surface area contributed by atoms with Gasteiger partial charge in [0.2, 0.25) is 0 Å². The summed E-state index contributed by atoms with van der Waals surface area (Å²) in [6, 6.07) is 32.8. The Labute approximate surface area is 354 Å². The third-order valence-corrected chi connectivity index (χ3v) is 11.0. The first-order valence-electron chi connectivity index (χ1n) is 21.1. The molecule has 60 heavy (non-hydrogen) atoms. The van der Waals surface area contributed by atoms with E-state index in [2.05, 4.69) is 108 Å². The van der Waals surface area contributed by atoms with Gasteiger partial charge in [0.15, 0.2) is 0 Å². The highest BCUT2D eigenvalue weighted by Crippen LogP contribution is 2.37. The number of nitrogens with zero attached hydrogens (tertiary/aromatic N) is 6. The van der Waals surface area contributed by atoms with E-state index in [0.717, 1.165) is 103 Å². The molecule has 10 nitrogen and oxygen atoms in total. The molecule has 6 rings (SSSR count). The standard InChI is InChI=1S/C50H56N6O4/c1-7-10-12-13-33-54-39(19-15-37-16-20-40(21-17-37)56(41-22-27-43(59-5)28-23-41)42-24-29-44(60-6)30-25-42)26-32-47(54)45-31-18-38(34-46(51-4)50(57)58)48-49(45)53-55(52-48)35-36(9-3)14-11-8-2/h15-32,34,36H,7-14,33,35H2,1-3,5-6H3,(H,57,58)/b19-15+,46-34-. The average Bonchev–Trinajstić information content (AvgIpc) is 3.90. The van der Waals surface area contributed by atoms with Crippen molar-refractivity contribution in [2.45, 2.75) is 85.2 Å². The molecule has 0 amide bonds. The predicted molar refractivity (Wildman–Crippen MR) is 244 cm³/mol. The summed E-state index contributed by atoms with van der Waals surface area (Å²) in [6.07, 6.45) is 14.6. The van der Waals surface area contributed by atoms with E-state index in [1.165, 1.54) is 12.5 Å². The van der Waals surface area contributed by atoms with Gasteiger partial charge in [-0.1, -0.05) is 83.6 Å². The number of ether oxygens (including phenoxy) is 2. The highest BCUT2D eigenvalue weighted by Gasteiger charge is 2.20. The van der Waals surface area contributed by atoms with Crippen LogP contribution in [0.4, 0.5) is 17.1 Å². The Hall–Kier alpha value is -6.60. The van der Waals surface area contributed by atoms with E-state index >= 15 is 0 Å². The number of unbranched alkanes of at least 4 members (excludes halogenated alkanes) is 4. The largest absolute Gasteiger partial charge is 0.497 e. The molecule has 0 spiro atoms. The van der Waals surface area contributed by atoms with Gasteiger partial charge in [-0.05, 0) is 121 Å². The minimum Gasteiger partial charge on any atom is -0.497 e. The van der Waals surface area contributed by atoms with Crippen LogP contribution in [0.1, 0.15) is 89.0 Å². The lowest BCUT2D eigenvalue weighted by molar-refractivity contribution is -0.132. The molecule has 2 aromatic heterocycles. The summed E-state index contributed by atoms with van der Waals surface area (Å²) in [6.45, 7) is 15.6. The SMILES string of the molecule is [C-]#[N+]/C(=C\c1ccc(-c2ccc(/C=C/c3ccc(N(c4ccc(OC)cc4)c4ccc(OC)cc4)cc3)n2CCCCCC)c2nn(CC(CC)CCCC)nc12)C(=O)O. The Balaban J connectivity index is 1.37. The van der Waals surface area contributed by atoms with Gasteiger partial charge < -0.3 is 24.0 Å². The maximum Gasteiger partial charge on any atom is 0.333 e. The number of anilines is 3. The van der Waals surface area contributed by atoms with Crippen LogP contribution >= 0.6 is 0 Å².